The van der Waals surface area contributed by atoms with Gasteiger partial charge in [-0.25, -0.2) is 14.4 Å². The Hall–Kier alpha value is -2.14. The molecule has 0 amide bonds. The second kappa shape index (κ2) is 8.92. The molecule has 6 N–H and O–H groups in total. The molecule has 2 atom stereocenters. The van der Waals surface area contributed by atoms with Gasteiger partial charge >= 0.3 is 23.9 Å². The second-order valence-electron chi connectivity index (χ2n) is 3.86. The van der Waals surface area contributed by atoms with E-state index >= 15 is 0 Å². The van der Waals surface area contributed by atoms with E-state index in [4.69, 9.17) is 21.7 Å². The molecule has 0 saturated heterocycles. The van der Waals surface area contributed by atoms with Crippen LogP contribution in [0.3, 0.4) is 0 Å². The van der Waals surface area contributed by atoms with Gasteiger partial charge in [-0.1, -0.05) is 6.58 Å². The molecule has 0 aromatic heterocycles. The zero-order valence-electron chi connectivity index (χ0n) is 11.0. The van der Waals surface area contributed by atoms with Crippen LogP contribution in [0.5, 0.6) is 0 Å². The highest BCUT2D eigenvalue weighted by molar-refractivity contribution is 6.01. The summed E-state index contributed by atoms with van der Waals surface area (Å²) < 4.78 is 8.44. The lowest BCUT2D eigenvalue weighted by molar-refractivity contribution is -0.163. The highest BCUT2D eigenvalue weighted by Gasteiger charge is 2.23. The SMILES string of the molecule is C=C(CC(=O)OC(=O)[C@@H](N)CO)C(=O)OC(=O)[C@@H](N)CO. The fourth-order valence-corrected chi connectivity index (χ4v) is 0.859. The molecule has 0 bridgehead atoms. The third kappa shape index (κ3) is 6.72. The molecule has 10 nitrogen and oxygen atoms in total. The van der Waals surface area contributed by atoms with E-state index < -0.39 is 61.2 Å². The van der Waals surface area contributed by atoms with Crippen molar-refractivity contribution in [1.29, 1.82) is 0 Å². The summed E-state index contributed by atoms with van der Waals surface area (Å²) in [4.78, 5) is 44.8. The molecular formula is C11H16N2O8. The number of carbonyl (C=O) groups is 4. The van der Waals surface area contributed by atoms with Crippen molar-refractivity contribution in [3.63, 3.8) is 0 Å². The van der Waals surface area contributed by atoms with Gasteiger partial charge in [-0.3, -0.25) is 4.79 Å². The molecule has 0 radical (unpaired) electrons. The molecule has 0 heterocycles. The van der Waals surface area contributed by atoms with E-state index in [0.717, 1.165) is 0 Å². The van der Waals surface area contributed by atoms with Crippen molar-refractivity contribution in [3.8, 4) is 0 Å². The maximum absolute atomic E-state index is 11.3. The van der Waals surface area contributed by atoms with Crippen molar-refractivity contribution in [1.82, 2.24) is 0 Å². The van der Waals surface area contributed by atoms with E-state index in [0.29, 0.717) is 0 Å². The molecule has 118 valence electrons. The molecule has 0 saturated carbocycles. The number of esters is 4. The summed E-state index contributed by atoms with van der Waals surface area (Å²) in [5, 5.41) is 17.1. The van der Waals surface area contributed by atoms with E-state index in [2.05, 4.69) is 16.1 Å². The van der Waals surface area contributed by atoms with Crippen molar-refractivity contribution in [2.45, 2.75) is 18.5 Å². The Bertz CT molecular complexity index is 448. The number of aliphatic hydroxyl groups excluding tert-OH is 2. The molecule has 0 aliphatic rings. The Morgan fingerprint density at radius 2 is 1.38 bits per heavy atom. The molecule has 0 aromatic carbocycles. The van der Waals surface area contributed by atoms with Gasteiger partial charge in [0.2, 0.25) is 0 Å². The minimum absolute atomic E-state index is 0.469. The van der Waals surface area contributed by atoms with Crippen LogP contribution in [0.25, 0.3) is 0 Å². The van der Waals surface area contributed by atoms with Crippen LogP contribution >= 0.6 is 0 Å². The van der Waals surface area contributed by atoms with Crippen LogP contribution in [0, 0.1) is 0 Å². The minimum Gasteiger partial charge on any atom is -0.394 e. The lowest BCUT2D eigenvalue weighted by Crippen LogP contribution is -2.38. The molecule has 0 aliphatic carbocycles. The number of hydrogen-bond acceptors (Lipinski definition) is 10. The maximum Gasteiger partial charge on any atom is 0.341 e. The zero-order chi connectivity index (χ0) is 16.6. The molecular weight excluding hydrogens is 288 g/mol. The number of nitrogens with two attached hydrogens (primary N) is 2. The normalized spacial score (nSPS) is 13.0. The van der Waals surface area contributed by atoms with E-state index in [1.165, 1.54) is 0 Å². The lowest BCUT2D eigenvalue weighted by Gasteiger charge is -2.09. The number of rotatable bonds is 7. The third-order valence-electron chi connectivity index (χ3n) is 2.05. The predicted octanol–water partition coefficient (Wildman–Crippen LogP) is -3.29. The standard InChI is InChI=1S/C11H16N2O8/c1-5(9(17)21-11(19)7(13)4-15)2-8(16)20-10(18)6(12)3-14/h6-7,14-15H,1-4,12-13H2/t6-,7-/m0/s1. The first-order valence-electron chi connectivity index (χ1n) is 5.64. The van der Waals surface area contributed by atoms with Crippen LogP contribution in [0.15, 0.2) is 12.2 Å². The Morgan fingerprint density at radius 3 is 1.81 bits per heavy atom. The van der Waals surface area contributed by atoms with Crippen molar-refractivity contribution in [2.24, 2.45) is 11.5 Å². The summed E-state index contributed by atoms with van der Waals surface area (Å²) in [6, 6.07) is -2.80. The summed E-state index contributed by atoms with van der Waals surface area (Å²) in [5.41, 5.74) is 9.73. The maximum atomic E-state index is 11.3. The lowest BCUT2D eigenvalue weighted by atomic mass is 10.2. The highest BCUT2D eigenvalue weighted by atomic mass is 16.6. The van der Waals surface area contributed by atoms with Crippen LogP contribution in [-0.4, -0.2) is 59.4 Å². The van der Waals surface area contributed by atoms with Gasteiger partial charge in [0.1, 0.15) is 12.1 Å². The first kappa shape index (κ1) is 18.9. The summed E-state index contributed by atoms with van der Waals surface area (Å²) in [6.45, 7) is 1.73. The number of aliphatic hydroxyl groups is 2. The zero-order valence-corrected chi connectivity index (χ0v) is 11.0. The molecule has 0 aromatic rings. The van der Waals surface area contributed by atoms with Gasteiger partial charge < -0.3 is 31.2 Å². The smallest absolute Gasteiger partial charge is 0.341 e. The van der Waals surface area contributed by atoms with Crippen LogP contribution in [0.4, 0.5) is 0 Å². The molecule has 10 heteroatoms. The Labute approximate surface area is 119 Å². The third-order valence-corrected chi connectivity index (χ3v) is 2.05. The van der Waals surface area contributed by atoms with Gasteiger partial charge in [-0.05, 0) is 0 Å². The molecule has 0 fully saturated rings. The Morgan fingerprint density at radius 1 is 0.952 bits per heavy atom. The number of ether oxygens (including phenoxy) is 2. The fraction of sp³-hybridized carbons (Fsp3) is 0.455. The summed E-state index contributed by atoms with van der Waals surface area (Å²) in [5.74, 6) is -4.79. The molecule has 0 unspecified atom stereocenters. The van der Waals surface area contributed by atoms with Gasteiger partial charge in [0, 0.05) is 5.57 Å². The topological polar surface area (TPSA) is 179 Å². The monoisotopic (exact) mass is 304 g/mol. The van der Waals surface area contributed by atoms with E-state index in [-0.39, 0.29) is 0 Å². The van der Waals surface area contributed by atoms with E-state index in [9.17, 15) is 19.2 Å². The van der Waals surface area contributed by atoms with E-state index in [1.54, 1.807) is 0 Å². The summed E-state index contributed by atoms with van der Waals surface area (Å²) in [7, 11) is 0. The molecule has 21 heavy (non-hydrogen) atoms. The second-order valence-corrected chi connectivity index (χ2v) is 3.86. The van der Waals surface area contributed by atoms with Crippen LogP contribution in [0.1, 0.15) is 6.42 Å². The van der Waals surface area contributed by atoms with Crippen LogP contribution in [-0.2, 0) is 28.7 Å². The Kier molecular flexibility index (Phi) is 8.01. The highest BCUT2D eigenvalue weighted by Crippen LogP contribution is 2.04. The van der Waals surface area contributed by atoms with Gasteiger partial charge in [0.05, 0.1) is 19.6 Å². The van der Waals surface area contributed by atoms with Crippen LogP contribution < -0.4 is 11.5 Å². The number of carbonyl (C=O) groups excluding carboxylic acids is 4. The molecule has 0 aliphatic heterocycles. The number of hydrogen-bond donors (Lipinski definition) is 4. The van der Waals surface area contributed by atoms with Crippen molar-refractivity contribution >= 4 is 23.9 Å². The first-order chi connectivity index (χ1) is 9.72. The average Bonchev–Trinajstić information content (AvgIpc) is 2.44. The quantitative estimate of drug-likeness (QED) is 0.211. The fourth-order valence-electron chi connectivity index (χ4n) is 0.859. The first-order valence-corrected chi connectivity index (χ1v) is 5.64. The van der Waals surface area contributed by atoms with Gasteiger partial charge in [-0.15, -0.1) is 0 Å². The van der Waals surface area contributed by atoms with Crippen molar-refractivity contribution < 1.29 is 38.9 Å². The largest absolute Gasteiger partial charge is 0.394 e. The summed E-state index contributed by atoms with van der Waals surface area (Å²) >= 11 is 0. The molecule has 0 spiro atoms. The van der Waals surface area contributed by atoms with Gasteiger partial charge in [0.15, 0.2) is 0 Å². The van der Waals surface area contributed by atoms with Crippen molar-refractivity contribution in [3.05, 3.63) is 12.2 Å². The predicted molar refractivity (Wildman–Crippen MR) is 66.1 cm³/mol. The van der Waals surface area contributed by atoms with Gasteiger partial charge in [-0.2, -0.15) is 0 Å². The van der Waals surface area contributed by atoms with Crippen LogP contribution in [0.2, 0.25) is 0 Å². The molecule has 0 rings (SSSR count). The van der Waals surface area contributed by atoms with Crippen molar-refractivity contribution in [2.75, 3.05) is 13.2 Å². The van der Waals surface area contributed by atoms with Gasteiger partial charge in [0.25, 0.3) is 0 Å². The summed E-state index contributed by atoms with van der Waals surface area (Å²) in [6.07, 6.45) is -0.732. The average molecular weight is 304 g/mol. The van der Waals surface area contributed by atoms with E-state index in [1.807, 2.05) is 0 Å². The Balaban J connectivity index is 4.36. The minimum atomic E-state index is -1.40.